The number of rotatable bonds is 4. The van der Waals surface area contributed by atoms with Crippen LogP contribution in [0.2, 0.25) is 5.02 Å². The van der Waals surface area contributed by atoms with Crippen LogP contribution >= 0.6 is 27.5 Å². The van der Waals surface area contributed by atoms with Crippen molar-refractivity contribution in [3.63, 3.8) is 0 Å². The van der Waals surface area contributed by atoms with Crippen LogP contribution in [0.25, 0.3) is 0 Å². The third-order valence-corrected chi connectivity index (χ3v) is 4.71. The highest BCUT2D eigenvalue weighted by Gasteiger charge is 2.15. The summed E-state index contributed by atoms with van der Waals surface area (Å²) < 4.78 is 27.5. The molecule has 2 aromatic rings. The number of anilines is 1. The molecule has 108 valence electrons. The summed E-state index contributed by atoms with van der Waals surface area (Å²) >= 11 is 9.24. The van der Waals surface area contributed by atoms with E-state index in [-0.39, 0.29) is 5.75 Å². The van der Waals surface area contributed by atoms with E-state index >= 15 is 0 Å². The van der Waals surface area contributed by atoms with E-state index in [1.807, 2.05) is 6.07 Å². The van der Waals surface area contributed by atoms with Gasteiger partial charge in [0.05, 0.1) is 28.1 Å². The number of nitrogens with zero attached hydrogens (tertiary/aromatic N) is 1. The first-order valence-electron chi connectivity index (χ1n) is 5.85. The molecule has 2 aromatic carbocycles. The molecule has 0 aromatic heterocycles. The topological polar surface area (TPSA) is 70.0 Å². The number of benzene rings is 2. The molecular formula is C14H10BrClN2O2S. The average Bonchev–Trinajstić information content (AvgIpc) is 2.42. The molecule has 0 amide bonds. The van der Waals surface area contributed by atoms with E-state index in [1.165, 1.54) is 0 Å². The van der Waals surface area contributed by atoms with Crippen molar-refractivity contribution >= 4 is 43.2 Å². The van der Waals surface area contributed by atoms with Crippen molar-refractivity contribution in [3.05, 3.63) is 63.1 Å². The lowest BCUT2D eigenvalue weighted by molar-refractivity contribution is 0.600. The second-order valence-electron chi connectivity index (χ2n) is 4.25. The van der Waals surface area contributed by atoms with E-state index in [1.54, 1.807) is 42.5 Å². The van der Waals surface area contributed by atoms with Crippen LogP contribution in [0, 0.1) is 11.3 Å². The Morgan fingerprint density at radius 3 is 2.62 bits per heavy atom. The quantitative estimate of drug-likeness (QED) is 0.867. The molecule has 1 N–H and O–H groups in total. The molecule has 0 aliphatic rings. The van der Waals surface area contributed by atoms with Crippen LogP contribution in [0.5, 0.6) is 0 Å². The van der Waals surface area contributed by atoms with Crippen LogP contribution in [0.15, 0.2) is 46.9 Å². The van der Waals surface area contributed by atoms with Crippen molar-refractivity contribution in [2.24, 2.45) is 0 Å². The Labute approximate surface area is 136 Å². The summed E-state index contributed by atoms with van der Waals surface area (Å²) in [5.74, 6) is -0.289. The van der Waals surface area contributed by atoms with E-state index in [9.17, 15) is 8.42 Å². The fraction of sp³-hybridized carbons (Fsp3) is 0.0714. The molecule has 0 fully saturated rings. The molecule has 7 heteroatoms. The monoisotopic (exact) mass is 384 g/mol. The largest absolute Gasteiger partial charge is 0.282 e. The molecule has 0 bridgehead atoms. The van der Waals surface area contributed by atoms with Crippen LogP contribution in [-0.4, -0.2) is 8.42 Å². The van der Waals surface area contributed by atoms with Gasteiger partial charge >= 0.3 is 0 Å². The number of hydrogen-bond donors (Lipinski definition) is 1. The summed E-state index contributed by atoms with van der Waals surface area (Å²) in [6, 6.07) is 13.4. The van der Waals surface area contributed by atoms with Gasteiger partial charge in [-0.05, 0) is 29.8 Å². The second-order valence-corrected chi connectivity index (χ2v) is 7.30. The van der Waals surface area contributed by atoms with Crippen LogP contribution in [0.3, 0.4) is 0 Å². The Hall–Kier alpha value is -1.55. The smallest absolute Gasteiger partial charge is 0.237 e. The van der Waals surface area contributed by atoms with Gasteiger partial charge in [-0.2, -0.15) is 5.26 Å². The highest BCUT2D eigenvalue weighted by molar-refractivity contribution is 9.10. The molecule has 0 aliphatic heterocycles. The molecule has 0 unspecified atom stereocenters. The number of hydrogen-bond acceptors (Lipinski definition) is 3. The van der Waals surface area contributed by atoms with E-state index in [0.29, 0.717) is 21.8 Å². The zero-order chi connectivity index (χ0) is 15.5. The molecular weight excluding hydrogens is 376 g/mol. The fourth-order valence-corrected chi connectivity index (χ4v) is 3.76. The van der Waals surface area contributed by atoms with Gasteiger partial charge in [0.15, 0.2) is 0 Å². The SMILES string of the molecule is N#Cc1ccccc1CS(=O)(=O)Nc1ccc(Br)cc1Cl. The van der Waals surface area contributed by atoms with Gasteiger partial charge in [-0.3, -0.25) is 4.72 Å². The van der Waals surface area contributed by atoms with Crippen LogP contribution < -0.4 is 4.72 Å². The Morgan fingerprint density at radius 1 is 1.24 bits per heavy atom. The minimum Gasteiger partial charge on any atom is -0.282 e. The van der Waals surface area contributed by atoms with E-state index in [2.05, 4.69) is 20.7 Å². The second kappa shape index (κ2) is 6.48. The van der Waals surface area contributed by atoms with Gasteiger partial charge in [0.1, 0.15) is 0 Å². The van der Waals surface area contributed by atoms with Gasteiger partial charge in [-0.25, -0.2) is 8.42 Å². The first-order valence-corrected chi connectivity index (χ1v) is 8.67. The highest BCUT2D eigenvalue weighted by atomic mass is 79.9. The molecule has 2 rings (SSSR count). The Balaban J connectivity index is 2.25. The Kier molecular flexibility index (Phi) is 4.88. The first kappa shape index (κ1) is 15.8. The van der Waals surface area contributed by atoms with Crippen molar-refractivity contribution < 1.29 is 8.42 Å². The standard InChI is InChI=1S/C14H10BrClN2O2S/c15-12-5-6-14(13(16)7-12)18-21(19,20)9-11-4-2-1-3-10(11)8-17/h1-7,18H,9H2. The first-order chi connectivity index (χ1) is 9.91. The number of halogens is 2. The lowest BCUT2D eigenvalue weighted by atomic mass is 10.1. The van der Waals surface area contributed by atoms with Crippen LogP contribution in [0.1, 0.15) is 11.1 Å². The van der Waals surface area contributed by atoms with Crippen LogP contribution in [0.4, 0.5) is 5.69 Å². The molecule has 0 atom stereocenters. The number of nitrogens with one attached hydrogen (secondary N) is 1. The third kappa shape index (κ3) is 4.21. The number of sulfonamides is 1. The minimum absolute atomic E-state index is 0.289. The summed E-state index contributed by atoms with van der Waals surface area (Å²) in [4.78, 5) is 0. The van der Waals surface area contributed by atoms with Crippen molar-refractivity contribution in [3.8, 4) is 6.07 Å². The van der Waals surface area contributed by atoms with E-state index in [0.717, 1.165) is 4.47 Å². The summed E-state index contributed by atoms with van der Waals surface area (Å²) in [5.41, 5.74) is 1.08. The normalized spacial score (nSPS) is 10.9. The third-order valence-electron chi connectivity index (χ3n) is 2.68. The van der Waals surface area contributed by atoms with Gasteiger partial charge in [-0.15, -0.1) is 0 Å². The van der Waals surface area contributed by atoms with Gasteiger partial charge < -0.3 is 0 Å². The maximum absolute atomic E-state index is 12.2. The number of nitriles is 1. The van der Waals surface area contributed by atoms with Gasteiger partial charge in [0.25, 0.3) is 0 Å². The Bertz CT molecular complexity index is 816. The lowest BCUT2D eigenvalue weighted by Gasteiger charge is -2.10. The lowest BCUT2D eigenvalue weighted by Crippen LogP contribution is -2.16. The zero-order valence-corrected chi connectivity index (χ0v) is 13.8. The minimum atomic E-state index is -3.66. The zero-order valence-electron chi connectivity index (χ0n) is 10.7. The van der Waals surface area contributed by atoms with Crippen molar-refractivity contribution in [2.45, 2.75) is 5.75 Å². The maximum atomic E-state index is 12.2. The van der Waals surface area contributed by atoms with Crippen LogP contribution in [-0.2, 0) is 15.8 Å². The predicted molar refractivity (Wildman–Crippen MR) is 86.6 cm³/mol. The van der Waals surface area contributed by atoms with Gasteiger partial charge in [0, 0.05) is 4.47 Å². The summed E-state index contributed by atoms with van der Waals surface area (Å²) in [6.07, 6.45) is 0. The fourth-order valence-electron chi connectivity index (χ4n) is 1.74. The van der Waals surface area contributed by atoms with Crippen molar-refractivity contribution in [2.75, 3.05) is 4.72 Å². The van der Waals surface area contributed by atoms with Gasteiger partial charge in [0.2, 0.25) is 10.0 Å². The average molecular weight is 386 g/mol. The predicted octanol–water partition coefficient (Wildman–Crippen LogP) is 3.92. The molecule has 0 spiro atoms. The molecule has 0 heterocycles. The molecule has 0 aliphatic carbocycles. The molecule has 0 saturated heterocycles. The van der Waals surface area contributed by atoms with E-state index in [4.69, 9.17) is 16.9 Å². The Morgan fingerprint density at radius 2 is 1.95 bits per heavy atom. The molecule has 0 radical (unpaired) electrons. The molecule has 4 nitrogen and oxygen atoms in total. The maximum Gasteiger partial charge on any atom is 0.237 e. The van der Waals surface area contributed by atoms with Crippen molar-refractivity contribution in [1.29, 1.82) is 5.26 Å². The van der Waals surface area contributed by atoms with Crippen molar-refractivity contribution in [1.82, 2.24) is 0 Å². The summed E-state index contributed by atoms with van der Waals surface area (Å²) in [7, 11) is -3.66. The highest BCUT2D eigenvalue weighted by Crippen LogP contribution is 2.27. The van der Waals surface area contributed by atoms with Gasteiger partial charge in [-0.1, -0.05) is 45.7 Å². The summed E-state index contributed by atoms with van der Waals surface area (Å²) in [5, 5.41) is 9.28. The van der Waals surface area contributed by atoms with E-state index < -0.39 is 10.0 Å². The molecule has 21 heavy (non-hydrogen) atoms. The molecule has 0 saturated carbocycles. The summed E-state index contributed by atoms with van der Waals surface area (Å²) in [6.45, 7) is 0.